The molecule has 1 atom stereocenters. The second kappa shape index (κ2) is 5.00. The van der Waals surface area contributed by atoms with Gasteiger partial charge in [0.2, 0.25) is 5.91 Å². The smallest absolute Gasteiger partial charge is 0.249 e. The number of aryl methyl sites for hydroxylation is 1. The number of amides is 1. The molecule has 0 aliphatic carbocycles. The molecule has 0 saturated heterocycles. The van der Waals surface area contributed by atoms with Crippen LogP contribution in [0.3, 0.4) is 0 Å². The van der Waals surface area contributed by atoms with Gasteiger partial charge in [-0.2, -0.15) is 0 Å². The number of likely N-dealkylation sites (N-methyl/N-ethyl adjacent to an activating group) is 1. The molecule has 0 bridgehead atoms. The van der Waals surface area contributed by atoms with Crippen molar-refractivity contribution in [2.24, 2.45) is 0 Å². The number of anilines is 2. The molecule has 1 heterocycles. The molecular weight excluding hydrogens is 248 g/mol. The number of nitrogens with zero attached hydrogens (tertiary/aromatic N) is 1. The van der Waals surface area contributed by atoms with Crippen LogP contribution < -0.4 is 10.2 Å². The van der Waals surface area contributed by atoms with Gasteiger partial charge < -0.3 is 10.2 Å². The van der Waals surface area contributed by atoms with Crippen molar-refractivity contribution in [2.75, 3.05) is 17.3 Å². The zero-order valence-electron chi connectivity index (χ0n) is 11.8. The molecule has 1 N–H and O–H groups in total. The van der Waals surface area contributed by atoms with E-state index in [-0.39, 0.29) is 11.9 Å². The van der Waals surface area contributed by atoms with Crippen LogP contribution in [-0.4, -0.2) is 19.0 Å². The number of rotatable bonds is 2. The number of nitrogens with one attached hydrogen (secondary N) is 1. The minimum Gasteiger partial charge on any atom is -0.373 e. The molecule has 0 radical (unpaired) electrons. The molecule has 0 spiro atoms. The summed E-state index contributed by atoms with van der Waals surface area (Å²) >= 11 is 0. The standard InChI is InChI=1S/C17H18N2O/c1-12-7-3-6-10-16(12)19(2)17(20)15-11-13-8-4-5-9-14(13)18-15/h3-10,15,18H,11H2,1-2H3/t15-/m0/s1. The van der Waals surface area contributed by atoms with Crippen molar-refractivity contribution in [1.82, 2.24) is 0 Å². The van der Waals surface area contributed by atoms with E-state index in [0.717, 1.165) is 23.4 Å². The topological polar surface area (TPSA) is 32.3 Å². The lowest BCUT2D eigenvalue weighted by molar-refractivity contribution is -0.118. The van der Waals surface area contributed by atoms with E-state index in [1.54, 1.807) is 4.90 Å². The van der Waals surface area contributed by atoms with E-state index in [9.17, 15) is 4.79 Å². The molecule has 1 aliphatic rings. The Morgan fingerprint density at radius 2 is 1.85 bits per heavy atom. The molecule has 0 saturated carbocycles. The van der Waals surface area contributed by atoms with Crippen LogP contribution in [0.4, 0.5) is 11.4 Å². The predicted molar refractivity (Wildman–Crippen MR) is 82.1 cm³/mol. The second-order valence-electron chi connectivity index (χ2n) is 5.24. The fraction of sp³-hybridized carbons (Fsp3) is 0.235. The first kappa shape index (κ1) is 12.7. The minimum absolute atomic E-state index is 0.107. The number of carbonyl (C=O) groups excluding carboxylic acids is 1. The Kier molecular flexibility index (Phi) is 3.18. The van der Waals surface area contributed by atoms with E-state index in [2.05, 4.69) is 11.4 Å². The van der Waals surface area contributed by atoms with Crippen molar-refractivity contribution in [3.05, 3.63) is 59.7 Å². The third-order valence-corrected chi connectivity index (χ3v) is 3.88. The van der Waals surface area contributed by atoms with Crippen molar-refractivity contribution >= 4 is 17.3 Å². The fourth-order valence-corrected chi connectivity index (χ4v) is 2.74. The lowest BCUT2D eigenvalue weighted by Gasteiger charge is -2.23. The predicted octanol–water partition coefficient (Wildman–Crippen LogP) is 2.99. The van der Waals surface area contributed by atoms with E-state index < -0.39 is 0 Å². The SMILES string of the molecule is Cc1ccccc1N(C)C(=O)[C@@H]1Cc2ccccc2N1. The van der Waals surface area contributed by atoms with Crippen molar-refractivity contribution < 1.29 is 4.79 Å². The summed E-state index contributed by atoms with van der Waals surface area (Å²) in [5.41, 5.74) is 4.36. The van der Waals surface area contributed by atoms with Gasteiger partial charge in [-0.1, -0.05) is 36.4 Å². The van der Waals surface area contributed by atoms with Crippen LogP contribution in [0.2, 0.25) is 0 Å². The Balaban J connectivity index is 1.80. The number of hydrogen-bond acceptors (Lipinski definition) is 2. The molecule has 2 aromatic carbocycles. The monoisotopic (exact) mass is 266 g/mol. The molecule has 0 aromatic heterocycles. The van der Waals surface area contributed by atoms with E-state index in [0.29, 0.717) is 0 Å². The maximum atomic E-state index is 12.6. The first-order chi connectivity index (χ1) is 9.66. The Morgan fingerprint density at radius 1 is 1.15 bits per heavy atom. The molecule has 0 fully saturated rings. The van der Waals surface area contributed by atoms with Crippen LogP contribution in [-0.2, 0) is 11.2 Å². The van der Waals surface area contributed by atoms with Gasteiger partial charge in [0.25, 0.3) is 0 Å². The van der Waals surface area contributed by atoms with Gasteiger partial charge in [0.05, 0.1) is 0 Å². The summed E-state index contributed by atoms with van der Waals surface area (Å²) in [7, 11) is 1.84. The van der Waals surface area contributed by atoms with Crippen LogP contribution in [0.1, 0.15) is 11.1 Å². The summed E-state index contributed by atoms with van der Waals surface area (Å²) in [6.07, 6.45) is 0.755. The molecule has 20 heavy (non-hydrogen) atoms. The van der Waals surface area contributed by atoms with Crippen LogP contribution >= 0.6 is 0 Å². The molecule has 1 amide bonds. The Labute approximate surface area is 119 Å². The summed E-state index contributed by atoms with van der Waals surface area (Å²) in [5, 5.41) is 3.31. The van der Waals surface area contributed by atoms with E-state index in [4.69, 9.17) is 0 Å². The Bertz CT molecular complexity index is 626. The van der Waals surface area contributed by atoms with E-state index in [1.165, 1.54) is 5.56 Å². The number of benzene rings is 2. The highest BCUT2D eigenvalue weighted by Crippen LogP contribution is 2.27. The molecule has 0 unspecified atom stereocenters. The summed E-state index contributed by atoms with van der Waals surface area (Å²) < 4.78 is 0. The summed E-state index contributed by atoms with van der Waals surface area (Å²) in [4.78, 5) is 14.4. The van der Waals surface area contributed by atoms with Crippen LogP contribution in [0, 0.1) is 6.92 Å². The number of hydrogen-bond donors (Lipinski definition) is 1. The van der Waals surface area contributed by atoms with E-state index in [1.807, 2.05) is 56.4 Å². The molecule has 3 rings (SSSR count). The molecular formula is C17H18N2O. The molecule has 1 aliphatic heterocycles. The third-order valence-electron chi connectivity index (χ3n) is 3.88. The fourth-order valence-electron chi connectivity index (χ4n) is 2.74. The van der Waals surface area contributed by atoms with E-state index >= 15 is 0 Å². The van der Waals surface area contributed by atoms with Gasteiger partial charge >= 0.3 is 0 Å². The maximum Gasteiger partial charge on any atom is 0.249 e. The normalized spacial score (nSPS) is 16.4. The molecule has 2 aromatic rings. The average molecular weight is 266 g/mol. The molecule has 3 heteroatoms. The van der Waals surface area contributed by atoms with Gasteiger partial charge in [-0.05, 0) is 30.2 Å². The quantitative estimate of drug-likeness (QED) is 0.906. The van der Waals surface area contributed by atoms with Gasteiger partial charge in [0.15, 0.2) is 0 Å². The highest BCUT2D eigenvalue weighted by atomic mass is 16.2. The highest BCUT2D eigenvalue weighted by molar-refractivity contribution is 6.00. The van der Waals surface area contributed by atoms with Gasteiger partial charge in [0.1, 0.15) is 6.04 Å². The molecule has 3 nitrogen and oxygen atoms in total. The van der Waals surface area contributed by atoms with Crippen molar-refractivity contribution in [2.45, 2.75) is 19.4 Å². The lowest BCUT2D eigenvalue weighted by Crippen LogP contribution is -2.40. The van der Waals surface area contributed by atoms with Crippen molar-refractivity contribution in [3.8, 4) is 0 Å². The van der Waals surface area contributed by atoms with Gasteiger partial charge in [0, 0.05) is 24.8 Å². The van der Waals surface area contributed by atoms with Crippen LogP contribution in [0.25, 0.3) is 0 Å². The summed E-state index contributed by atoms with van der Waals surface area (Å²) in [6, 6.07) is 15.9. The Morgan fingerprint density at radius 3 is 2.60 bits per heavy atom. The first-order valence-electron chi connectivity index (χ1n) is 6.84. The second-order valence-corrected chi connectivity index (χ2v) is 5.24. The number of carbonyl (C=O) groups is 1. The first-order valence-corrected chi connectivity index (χ1v) is 6.84. The molecule has 102 valence electrons. The van der Waals surface area contributed by atoms with Crippen molar-refractivity contribution in [1.29, 1.82) is 0 Å². The average Bonchev–Trinajstić information content (AvgIpc) is 2.90. The largest absolute Gasteiger partial charge is 0.373 e. The lowest BCUT2D eigenvalue weighted by atomic mass is 10.1. The third kappa shape index (κ3) is 2.16. The zero-order chi connectivity index (χ0) is 14.1. The van der Waals surface area contributed by atoms with Crippen LogP contribution in [0.5, 0.6) is 0 Å². The van der Waals surface area contributed by atoms with Gasteiger partial charge in [-0.3, -0.25) is 4.79 Å². The van der Waals surface area contributed by atoms with Crippen molar-refractivity contribution in [3.63, 3.8) is 0 Å². The summed E-state index contributed by atoms with van der Waals surface area (Å²) in [5.74, 6) is 0.107. The van der Waals surface area contributed by atoms with Crippen LogP contribution in [0.15, 0.2) is 48.5 Å². The van der Waals surface area contributed by atoms with Gasteiger partial charge in [-0.15, -0.1) is 0 Å². The minimum atomic E-state index is -0.169. The number of para-hydroxylation sites is 2. The highest BCUT2D eigenvalue weighted by Gasteiger charge is 2.29. The summed E-state index contributed by atoms with van der Waals surface area (Å²) in [6.45, 7) is 2.02. The maximum absolute atomic E-state index is 12.6. The Hall–Kier alpha value is -2.29. The zero-order valence-corrected chi connectivity index (χ0v) is 11.8. The number of fused-ring (bicyclic) bond motifs is 1. The van der Waals surface area contributed by atoms with Gasteiger partial charge in [-0.25, -0.2) is 0 Å².